The Hall–Kier alpha value is -2.25. The summed E-state index contributed by atoms with van der Waals surface area (Å²) in [5.74, 6) is -0.926. The Morgan fingerprint density at radius 2 is 1.76 bits per heavy atom. The maximum absolute atomic E-state index is 13.2. The molecular weight excluding hydrogens is 295 g/mol. The van der Waals surface area contributed by atoms with Crippen molar-refractivity contribution in [3.05, 3.63) is 59.4 Å². The normalized spacial score (nSPS) is 11.2. The van der Waals surface area contributed by atoms with Gasteiger partial charge in [-0.2, -0.15) is 0 Å². The third-order valence-corrected chi connectivity index (χ3v) is 3.82. The molecule has 0 aliphatic rings. The van der Waals surface area contributed by atoms with Crippen LogP contribution in [0.4, 0.5) is 10.1 Å². The zero-order valence-electron chi connectivity index (χ0n) is 11.1. The topological polar surface area (TPSA) is 89.3 Å². The van der Waals surface area contributed by atoms with E-state index in [4.69, 9.17) is 5.14 Å². The zero-order chi connectivity index (χ0) is 15.6. The van der Waals surface area contributed by atoms with Gasteiger partial charge >= 0.3 is 0 Å². The Morgan fingerprint density at radius 1 is 1.14 bits per heavy atom. The first-order valence-corrected chi connectivity index (χ1v) is 7.52. The minimum Gasteiger partial charge on any atom is -0.322 e. The molecule has 0 aromatic heterocycles. The van der Waals surface area contributed by atoms with Crippen LogP contribution in [0.5, 0.6) is 0 Å². The minimum atomic E-state index is -3.80. The van der Waals surface area contributed by atoms with Crippen molar-refractivity contribution in [2.45, 2.75) is 11.8 Å². The molecule has 0 aliphatic carbocycles. The molecule has 110 valence electrons. The third kappa shape index (κ3) is 3.65. The number of rotatable bonds is 3. The van der Waals surface area contributed by atoms with Gasteiger partial charge in [-0.3, -0.25) is 4.79 Å². The standard InChI is InChI=1S/C14H13FN2O3S/c1-9-2-5-11(15)8-13(9)17-14(18)10-3-6-12(7-4-10)21(16,19)20/h2-8H,1H3,(H,17,18)(H2,16,19,20). The molecule has 0 radical (unpaired) electrons. The highest BCUT2D eigenvalue weighted by atomic mass is 32.2. The quantitative estimate of drug-likeness (QED) is 0.909. The summed E-state index contributed by atoms with van der Waals surface area (Å²) in [6.45, 7) is 1.74. The highest BCUT2D eigenvalue weighted by Crippen LogP contribution is 2.17. The Kier molecular flexibility index (Phi) is 4.06. The molecule has 0 bridgehead atoms. The fraction of sp³-hybridized carbons (Fsp3) is 0.0714. The zero-order valence-corrected chi connectivity index (χ0v) is 11.9. The summed E-state index contributed by atoms with van der Waals surface area (Å²) in [6, 6.07) is 9.21. The van der Waals surface area contributed by atoms with Crippen LogP contribution < -0.4 is 10.5 Å². The van der Waals surface area contributed by atoms with Gasteiger partial charge in [-0.25, -0.2) is 17.9 Å². The molecule has 5 nitrogen and oxygen atoms in total. The molecule has 2 aromatic carbocycles. The second kappa shape index (κ2) is 5.63. The molecule has 21 heavy (non-hydrogen) atoms. The van der Waals surface area contributed by atoms with E-state index < -0.39 is 21.7 Å². The van der Waals surface area contributed by atoms with Crippen LogP contribution in [0.3, 0.4) is 0 Å². The Morgan fingerprint density at radius 3 is 2.33 bits per heavy atom. The number of carbonyl (C=O) groups excluding carboxylic acids is 1. The van der Waals surface area contributed by atoms with Crippen LogP contribution in [-0.4, -0.2) is 14.3 Å². The number of halogens is 1. The van der Waals surface area contributed by atoms with Crippen molar-refractivity contribution < 1.29 is 17.6 Å². The van der Waals surface area contributed by atoms with Crippen molar-refractivity contribution >= 4 is 21.6 Å². The number of primary sulfonamides is 1. The first-order valence-electron chi connectivity index (χ1n) is 5.98. The number of anilines is 1. The fourth-order valence-electron chi connectivity index (χ4n) is 1.72. The van der Waals surface area contributed by atoms with E-state index in [1.165, 1.54) is 36.4 Å². The maximum Gasteiger partial charge on any atom is 0.255 e. The molecule has 0 unspecified atom stereocenters. The van der Waals surface area contributed by atoms with E-state index in [1.54, 1.807) is 13.0 Å². The van der Waals surface area contributed by atoms with Gasteiger partial charge < -0.3 is 5.32 Å². The van der Waals surface area contributed by atoms with Crippen LogP contribution in [0.2, 0.25) is 0 Å². The lowest BCUT2D eigenvalue weighted by molar-refractivity contribution is 0.102. The van der Waals surface area contributed by atoms with Crippen molar-refractivity contribution in [1.82, 2.24) is 0 Å². The molecule has 3 N–H and O–H groups in total. The van der Waals surface area contributed by atoms with E-state index in [0.29, 0.717) is 11.3 Å². The van der Waals surface area contributed by atoms with Crippen LogP contribution in [0.1, 0.15) is 15.9 Å². The number of amides is 1. The highest BCUT2D eigenvalue weighted by molar-refractivity contribution is 7.89. The second-order valence-electron chi connectivity index (χ2n) is 4.48. The average molecular weight is 308 g/mol. The van der Waals surface area contributed by atoms with E-state index in [-0.39, 0.29) is 10.5 Å². The number of hydrogen-bond donors (Lipinski definition) is 2. The summed E-state index contributed by atoms with van der Waals surface area (Å²) >= 11 is 0. The Labute approximate surface area is 121 Å². The summed E-state index contributed by atoms with van der Waals surface area (Å²) < 4.78 is 35.4. The molecule has 1 amide bonds. The fourth-order valence-corrected chi connectivity index (χ4v) is 2.23. The molecule has 0 saturated heterocycles. The number of nitrogens with two attached hydrogens (primary N) is 1. The van der Waals surface area contributed by atoms with E-state index in [1.807, 2.05) is 0 Å². The van der Waals surface area contributed by atoms with Crippen LogP contribution in [-0.2, 0) is 10.0 Å². The molecule has 0 spiro atoms. The van der Waals surface area contributed by atoms with Gasteiger partial charge in [0.2, 0.25) is 10.0 Å². The number of carbonyl (C=O) groups is 1. The number of aryl methyl sites for hydroxylation is 1. The molecule has 2 aromatic rings. The van der Waals surface area contributed by atoms with Gasteiger partial charge in [-0.1, -0.05) is 6.07 Å². The summed E-state index contributed by atoms with van der Waals surface area (Å²) in [5, 5.41) is 7.54. The summed E-state index contributed by atoms with van der Waals surface area (Å²) in [5.41, 5.74) is 1.31. The third-order valence-electron chi connectivity index (χ3n) is 2.89. The van der Waals surface area contributed by atoms with E-state index in [2.05, 4.69) is 5.32 Å². The number of sulfonamides is 1. The van der Waals surface area contributed by atoms with E-state index >= 15 is 0 Å². The summed E-state index contributed by atoms with van der Waals surface area (Å²) in [7, 11) is -3.80. The van der Waals surface area contributed by atoms with Crippen molar-refractivity contribution in [2.24, 2.45) is 5.14 Å². The minimum absolute atomic E-state index is 0.0824. The molecule has 0 fully saturated rings. The van der Waals surface area contributed by atoms with Gasteiger partial charge in [-0.05, 0) is 48.9 Å². The van der Waals surface area contributed by atoms with Gasteiger partial charge in [0.25, 0.3) is 5.91 Å². The van der Waals surface area contributed by atoms with Crippen molar-refractivity contribution in [3.8, 4) is 0 Å². The number of nitrogens with one attached hydrogen (secondary N) is 1. The van der Waals surface area contributed by atoms with Crippen molar-refractivity contribution in [3.63, 3.8) is 0 Å². The van der Waals surface area contributed by atoms with Crippen LogP contribution in [0.15, 0.2) is 47.4 Å². The molecule has 2 rings (SSSR count). The number of hydrogen-bond acceptors (Lipinski definition) is 3. The van der Waals surface area contributed by atoms with Crippen LogP contribution in [0, 0.1) is 12.7 Å². The van der Waals surface area contributed by atoms with Gasteiger partial charge in [0.15, 0.2) is 0 Å². The van der Waals surface area contributed by atoms with E-state index in [9.17, 15) is 17.6 Å². The van der Waals surface area contributed by atoms with E-state index in [0.717, 1.165) is 0 Å². The average Bonchev–Trinajstić information content (AvgIpc) is 2.42. The van der Waals surface area contributed by atoms with Crippen LogP contribution >= 0.6 is 0 Å². The number of benzene rings is 2. The molecule has 7 heteroatoms. The summed E-state index contributed by atoms with van der Waals surface area (Å²) in [6.07, 6.45) is 0. The van der Waals surface area contributed by atoms with Crippen molar-refractivity contribution in [2.75, 3.05) is 5.32 Å². The lowest BCUT2D eigenvalue weighted by atomic mass is 10.1. The summed E-state index contributed by atoms with van der Waals surface area (Å²) in [4.78, 5) is 11.9. The Bertz CT molecular complexity index is 786. The maximum atomic E-state index is 13.2. The lowest BCUT2D eigenvalue weighted by Crippen LogP contribution is -2.15. The van der Waals surface area contributed by atoms with Gasteiger partial charge in [0, 0.05) is 11.3 Å². The van der Waals surface area contributed by atoms with Crippen LogP contribution in [0.25, 0.3) is 0 Å². The predicted octanol–water partition coefficient (Wildman–Crippen LogP) is 2.03. The monoisotopic (exact) mass is 308 g/mol. The Balaban J connectivity index is 2.23. The lowest BCUT2D eigenvalue weighted by Gasteiger charge is -2.08. The largest absolute Gasteiger partial charge is 0.322 e. The SMILES string of the molecule is Cc1ccc(F)cc1NC(=O)c1ccc(S(N)(=O)=O)cc1. The second-order valence-corrected chi connectivity index (χ2v) is 6.04. The molecule has 0 atom stereocenters. The molecular formula is C14H13FN2O3S. The molecule has 0 aliphatic heterocycles. The predicted molar refractivity (Wildman–Crippen MR) is 76.9 cm³/mol. The smallest absolute Gasteiger partial charge is 0.255 e. The van der Waals surface area contributed by atoms with Gasteiger partial charge in [-0.15, -0.1) is 0 Å². The highest BCUT2D eigenvalue weighted by Gasteiger charge is 2.11. The van der Waals surface area contributed by atoms with Gasteiger partial charge in [0.05, 0.1) is 4.90 Å². The van der Waals surface area contributed by atoms with Gasteiger partial charge in [0.1, 0.15) is 5.82 Å². The first-order chi connectivity index (χ1) is 9.77. The molecule has 0 heterocycles. The van der Waals surface area contributed by atoms with Crippen molar-refractivity contribution in [1.29, 1.82) is 0 Å². The molecule has 0 saturated carbocycles. The first kappa shape index (κ1) is 15.1.